The minimum atomic E-state index is 0. The average molecular weight is 485 g/mol. The number of hydrogen-bond acceptors (Lipinski definition) is 3. The third-order valence-electron chi connectivity index (χ3n) is 5.23. The van der Waals surface area contributed by atoms with Crippen LogP contribution in [-0.4, -0.2) is 63.2 Å². The Morgan fingerprint density at radius 2 is 1.93 bits per heavy atom. The van der Waals surface area contributed by atoms with Crippen molar-refractivity contribution in [3.63, 3.8) is 0 Å². The number of guanidine groups is 1. The highest BCUT2D eigenvalue weighted by molar-refractivity contribution is 14.0. The predicted octanol–water partition coefficient (Wildman–Crippen LogP) is 3.09. The van der Waals surface area contributed by atoms with Crippen LogP contribution in [0.2, 0.25) is 0 Å². The van der Waals surface area contributed by atoms with Crippen molar-refractivity contribution in [3.05, 3.63) is 29.8 Å². The fourth-order valence-electron chi connectivity index (χ4n) is 3.43. The van der Waals surface area contributed by atoms with Crippen LogP contribution in [0.5, 0.6) is 0 Å². The summed E-state index contributed by atoms with van der Waals surface area (Å²) in [4.78, 5) is 9.78. The van der Waals surface area contributed by atoms with Crippen LogP contribution in [0.1, 0.15) is 31.7 Å². The molecule has 0 unspecified atom stereocenters. The lowest BCUT2D eigenvalue weighted by Crippen LogP contribution is -2.47. The van der Waals surface area contributed by atoms with Crippen molar-refractivity contribution in [2.24, 2.45) is 10.9 Å². The molecule has 5 nitrogen and oxygen atoms in total. The molecule has 1 heterocycles. The van der Waals surface area contributed by atoms with Gasteiger partial charge in [0.25, 0.3) is 0 Å². The molecule has 0 spiro atoms. The molecule has 2 N–H and O–H groups in total. The Kier molecular flexibility index (Phi) is 9.68. The summed E-state index contributed by atoms with van der Waals surface area (Å²) < 4.78 is 0. The summed E-state index contributed by atoms with van der Waals surface area (Å²) in [5, 5.41) is 6.84. The molecule has 0 amide bonds. The predicted molar refractivity (Wildman–Crippen MR) is 127 cm³/mol. The van der Waals surface area contributed by atoms with Gasteiger partial charge in [-0.05, 0) is 63.3 Å². The number of rotatable bonds is 8. The summed E-state index contributed by atoms with van der Waals surface area (Å²) >= 11 is 0. The molecule has 6 heteroatoms. The summed E-state index contributed by atoms with van der Waals surface area (Å²) in [5.41, 5.74) is 2.71. The van der Waals surface area contributed by atoms with Gasteiger partial charge < -0.3 is 15.5 Å². The zero-order chi connectivity index (χ0) is 18.2. The number of nitrogens with one attached hydrogen (secondary N) is 2. The number of nitrogens with zero attached hydrogens (tertiary/aromatic N) is 3. The van der Waals surface area contributed by atoms with Gasteiger partial charge >= 0.3 is 0 Å². The number of anilines is 1. The average Bonchev–Trinajstić information content (AvgIpc) is 3.48. The van der Waals surface area contributed by atoms with E-state index in [4.69, 9.17) is 0 Å². The van der Waals surface area contributed by atoms with Crippen molar-refractivity contribution in [1.82, 2.24) is 15.5 Å². The van der Waals surface area contributed by atoms with Crippen molar-refractivity contribution in [1.29, 1.82) is 0 Å². The Morgan fingerprint density at radius 3 is 2.59 bits per heavy atom. The van der Waals surface area contributed by atoms with Crippen molar-refractivity contribution in [3.8, 4) is 0 Å². The molecule has 2 aliphatic rings. The molecule has 3 rings (SSSR count). The highest BCUT2D eigenvalue weighted by atomic mass is 127. The van der Waals surface area contributed by atoms with Crippen LogP contribution in [0.3, 0.4) is 0 Å². The largest absolute Gasteiger partial charge is 0.369 e. The third kappa shape index (κ3) is 7.86. The Labute approximate surface area is 182 Å². The lowest BCUT2D eigenvalue weighted by molar-refractivity contribution is 0.255. The maximum atomic E-state index is 4.68. The molecule has 0 bridgehead atoms. The van der Waals surface area contributed by atoms with E-state index in [0.29, 0.717) is 0 Å². The van der Waals surface area contributed by atoms with Gasteiger partial charge in [0, 0.05) is 51.5 Å². The van der Waals surface area contributed by atoms with E-state index in [1.165, 1.54) is 24.1 Å². The van der Waals surface area contributed by atoms with E-state index in [0.717, 1.165) is 70.7 Å². The molecular weight excluding hydrogens is 449 g/mol. The fraction of sp³-hybridized carbons (Fsp3) is 0.667. The topological polar surface area (TPSA) is 42.9 Å². The molecule has 27 heavy (non-hydrogen) atoms. The van der Waals surface area contributed by atoms with Gasteiger partial charge in [-0.25, -0.2) is 0 Å². The van der Waals surface area contributed by atoms with Gasteiger partial charge in [0.15, 0.2) is 5.96 Å². The van der Waals surface area contributed by atoms with Crippen molar-refractivity contribution < 1.29 is 0 Å². The van der Waals surface area contributed by atoms with E-state index in [1.807, 2.05) is 0 Å². The molecule has 1 aromatic carbocycles. The molecule has 0 aromatic heterocycles. The van der Waals surface area contributed by atoms with Crippen molar-refractivity contribution in [2.45, 2.75) is 33.1 Å². The van der Waals surface area contributed by atoms with E-state index >= 15 is 0 Å². The van der Waals surface area contributed by atoms with Crippen LogP contribution in [0.4, 0.5) is 5.69 Å². The molecule has 1 aliphatic heterocycles. The summed E-state index contributed by atoms with van der Waals surface area (Å²) in [6, 6.07) is 8.86. The zero-order valence-electron chi connectivity index (χ0n) is 16.9. The van der Waals surface area contributed by atoms with E-state index in [2.05, 4.69) is 63.5 Å². The maximum absolute atomic E-state index is 4.68. The smallest absolute Gasteiger partial charge is 0.191 e. The normalized spacial score (nSPS) is 18.1. The summed E-state index contributed by atoms with van der Waals surface area (Å²) in [7, 11) is 0. The fourth-order valence-corrected chi connectivity index (χ4v) is 3.43. The molecule has 2 fully saturated rings. The Morgan fingerprint density at radius 1 is 1.15 bits per heavy atom. The minimum Gasteiger partial charge on any atom is -0.369 e. The first-order valence-electron chi connectivity index (χ1n) is 10.3. The molecule has 1 aliphatic carbocycles. The summed E-state index contributed by atoms with van der Waals surface area (Å²) in [6.45, 7) is 12.9. The summed E-state index contributed by atoms with van der Waals surface area (Å²) in [6.07, 6.45) is 3.88. The zero-order valence-corrected chi connectivity index (χ0v) is 19.2. The Balaban J connectivity index is 0.00000261. The molecule has 1 saturated heterocycles. The van der Waals surface area contributed by atoms with Crippen LogP contribution >= 0.6 is 24.0 Å². The third-order valence-corrected chi connectivity index (χ3v) is 5.23. The van der Waals surface area contributed by atoms with E-state index in [9.17, 15) is 0 Å². The van der Waals surface area contributed by atoms with Crippen molar-refractivity contribution >= 4 is 35.6 Å². The number of aliphatic imine (C=N–C) groups is 1. The highest BCUT2D eigenvalue weighted by Gasteiger charge is 2.20. The van der Waals surface area contributed by atoms with E-state index in [1.54, 1.807) is 0 Å². The minimum absolute atomic E-state index is 0. The van der Waals surface area contributed by atoms with Gasteiger partial charge in [0.1, 0.15) is 0 Å². The van der Waals surface area contributed by atoms with E-state index < -0.39 is 0 Å². The molecule has 0 atom stereocenters. The SMILES string of the molecule is CCNC(=NCC1CC1)NCCCN1CCN(c2cccc(C)c2)CC1.I. The first kappa shape index (κ1) is 22.3. The van der Waals surface area contributed by atoms with Crippen molar-refractivity contribution in [2.75, 3.05) is 57.3 Å². The standard InChI is InChI=1S/C21H35N5.HI/c1-3-22-21(24-17-19-8-9-19)23-10-5-11-25-12-14-26(15-13-25)20-7-4-6-18(2)16-20;/h4,6-7,16,19H,3,5,8-15,17H2,1-2H3,(H2,22,23,24);1H. The number of piperazine rings is 1. The Bertz CT molecular complexity index is 580. The molecule has 0 radical (unpaired) electrons. The second-order valence-electron chi connectivity index (χ2n) is 7.61. The van der Waals surface area contributed by atoms with Gasteiger partial charge in [-0.2, -0.15) is 0 Å². The highest BCUT2D eigenvalue weighted by Crippen LogP contribution is 2.28. The van der Waals surface area contributed by atoms with Crippen LogP contribution in [0.15, 0.2) is 29.3 Å². The number of aryl methyl sites for hydroxylation is 1. The second-order valence-corrected chi connectivity index (χ2v) is 7.61. The molecule has 1 aromatic rings. The van der Waals surface area contributed by atoms with Crippen LogP contribution in [-0.2, 0) is 0 Å². The molecule has 1 saturated carbocycles. The van der Waals surface area contributed by atoms with Crippen LogP contribution < -0.4 is 15.5 Å². The van der Waals surface area contributed by atoms with E-state index in [-0.39, 0.29) is 24.0 Å². The lowest BCUT2D eigenvalue weighted by atomic mass is 10.2. The van der Waals surface area contributed by atoms with Gasteiger partial charge in [-0.3, -0.25) is 9.89 Å². The lowest BCUT2D eigenvalue weighted by Gasteiger charge is -2.36. The van der Waals surface area contributed by atoms with Crippen LogP contribution in [0.25, 0.3) is 0 Å². The first-order valence-corrected chi connectivity index (χ1v) is 10.3. The number of benzene rings is 1. The number of halogens is 1. The van der Waals surface area contributed by atoms with Crippen LogP contribution in [0, 0.1) is 12.8 Å². The van der Waals surface area contributed by atoms with Gasteiger partial charge in [0.05, 0.1) is 0 Å². The second kappa shape index (κ2) is 11.7. The molecule has 152 valence electrons. The van der Waals surface area contributed by atoms with Gasteiger partial charge in [-0.1, -0.05) is 12.1 Å². The number of hydrogen-bond donors (Lipinski definition) is 2. The first-order chi connectivity index (χ1) is 12.7. The monoisotopic (exact) mass is 485 g/mol. The van der Waals surface area contributed by atoms with Gasteiger partial charge in [-0.15, -0.1) is 24.0 Å². The molecular formula is C21H36IN5. The maximum Gasteiger partial charge on any atom is 0.191 e. The summed E-state index contributed by atoms with van der Waals surface area (Å²) in [5.74, 6) is 1.83. The Hall–Kier alpha value is -1.02. The van der Waals surface area contributed by atoms with Gasteiger partial charge in [0.2, 0.25) is 0 Å². The quantitative estimate of drug-likeness (QED) is 0.257.